The SMILES string of the molecule is CC(c1nnns1)N1CCNCC1. The lowest BCUT2D eigenvalue weighted by Crippen LogP contribution is -2.44. The molecule has 0 radical (unpaired) electrons. The predicted octanol–water partition coefficient (Wildman–Crippen LogP) is -0.101. The van der Waals surface area contributed by atoms with Crippen LogP contribution in [0, 0.1) is 0 Å². The van der Waals surface area contributed by atoms with E-state index in [0.717, 1.165) is 31.2 Å². The third kappa shape index (κ3) is 2.01. The highest BCUT2D eigenvalue weighted by Gasteiger charge is 2.20. The minimum Gasteiger partial charge on any atom is -0.314 e. The van der Waals surface area contributed by atoms with Crippen LogP contribution in [0.15, 0.2) is 0 Å². The van der Waals surface area contributed by atoms with Crippen LogP contribution in [0.3, 0.4) is 0 Å². The number of nitrogens with one attached hydrogen (secondary N) is 1. The summed E-state index contributed by atoms with van der Waals surface area (Å²) in [6.07, 6.45) is 0. The molecule has 5 nitrogen and oxygen atoms in total. The van der Waals surface area contributed by atoms with Crippen molar-refractivity contribution < 1.29 is 0 Å². The van der Waals surface area contributed by atoms with Crippen molar-refractivity contribution in [2.45, 2.75) is 13.0 Å². The molecule has 1 saturated heterocycles. The molecule has 0 amide bonds. The molecular formula is C7H13N5S. The number of hydrogen-bond acceptors (Lipinski definition) is 6. The van der Waals surface area contributed by atoms with Crippen molar-refractivity contribution in [3.05, 3.63) is 5.01 Å². The van der Waals surface area contributed by atoms with Crippen LogP contribution >= 0.6 is 11.5 Å². The molecule has 0 aliphatic carbocycles. The highest BCUT2D eigenvalue weighted by molar-refractivity contribution is 7.05. The van der Waals surface area contributed by atoms with E-state index in [1.807, 2.05) is 0 Å². The molecule has 1 aromatic heterocycles. The number of hydrogen-bond donors (Lipinski definition) is 1. The van der Waals surface area contributed by atoms with Gasteiger partial charge in [0.15, 0.2) is 5.01 Å². The van der Waals surface area contributed by atoms with Crippen molar-refractivity contribution >= 4 is 11.5 Å². The van der Waals surface area contributed by atoms with Crippen molar-refractivity contribution in [1.82, 2.24) is 25.0 Å². The summed E-state index contributed by atoms with van der Waals surface area (Å²) < 4.78 is 3.78. The van der Waals surface area contributed by atoms with E-state index in [1.165, 1.54) is 11.5 Å². The Kier molecular flexibility index (Phi) is 2.82. The average molecular weight is 199 g/mol. The second-order valence-corrected chi connectivity index (χ2v) is 3.93. The summed E-state index contributed by atoms with van der Waals surface area (Å²) in [6.45, 7) is 6.46. The fourth-order valence-corrected chi connectivity index (χ4v) is 2.06. The van der Waals surface area contributed by atoms with E-state index < -0.39 is 0 Å². The molecule has 1 N–H and O–H groups in total. The van der Waals surface area contributed by atoms with Gasteiger partial charge in [-0.2, -0.15) is 0 Å². The van der Waals surface area contributed by atoms with Crippen LogP contribution in [-0.2, 0) is 0 Å². The zero-order valence-electron chi connectivity index (χ0n) is 7.60. The summed E-state index contributed by atoms with van der Waals surface area (Å²) in [5.41, 5.74) is 0. The molecule has 1 fully saturated rings. The van der Waals surface area contributed by atoms with Gasteiger partial charge in [0.25, 0.3) is 0 Å². The second-order valence-electron chi connectivity index (χ2n) is 3.16. The Morgan fingerprint density at radius 1 is 1.46 bits per heavy atom. The van der Waals surface area contributed by atoms with Gasteiger partial charge in [-0.05, 0) is 12.1 Å². The summed E-state index contributed by atoms with van der Waals surface area (Å²) in [5.74, 6) is 0. The Bertz CT molecular complexity index is 243. The summed E-state index contributed by atoms with van der Waals surface area (Å²) in [5, 5.41) is 11.9. The van der Waals surface area contributed by atoms with Crippen LogP contribution in [0.1, 0.15) is 18.0 Å². The molecule has 0 spiro atoms. The first-order valence-electron chi connectivity index (χ1n) is 4.47. The monoisotopic (exact) mass is 199 g/mol. The molecule has 0 saturated carbocycles. The average Bonchev–Trinajstić information content (AvgIpc) is 2.71. The van der Waals surface area contributed by atoms with Crippen LogP contribution in [-0.4, -0.2) is 45.9 Å². The van der Waals surface area contributed by atoms with E-state index in [4.69, 9.17) is 0 Å². The van der Waals surface area contributed by atoms with E-state index in [2.05, 4.69) is 31.9 Å². The normalized spacial score (nSPS) is 21.6. The van der Waals surface area contributed by atoms with Crippen molar-refractivity contribution in [3.8, 4) is 0 Å². The van der Waals surface area contributed by atoms with Gasteiger partial charge in [0.1, 0.15) is 0 Å². The van der Waals surface area contributed by atoms with Gasteiger partial charge < -0.3 is 5.32 Å². The van der Waals surface area contributed by atoms with Gasteiger partial charge in [0, 0.05) is 37.7 Å². The third-order valence-electron chi connectivity index (χ3n) is 2.37. The molecule has 1 aliphatic heterocycles. The molecular weight excluding hydrogens is 186 g/mol. The minimum absolute atomic E-state index is 0.363. The molecule has 1 aliphatic rings. The van der Waals surface area contributed by atoms with Gasteiger partial charge in [0.2, 0.25) is 0 Å². The number of nitrogens with zero attached hydrogens (tertiary/aromatic N) is 4. The van der Waals surface area contributed by atoms with Gasteiger partial charge >= 0.3 is 0 Å². The Hall–Kier alpha value is -0.590. The zero-order valence-corrected chi connectivity index (χ0v) is 8.42. The number of aromatic nitrogens is 3. The van der Waals surface area contributed by atoms with Crippen molar-refractivity contribution in [2.75, 3.05) is 26.2 Å². The van der Waals surface area contributed by atoms with Gasteiger partial charge in [-0.1, -0.05) is 4.49 Å². The van der Waals surface area contributed by atoms with Crippen LogP contribution in [0.25, 0.3) is 0 Å². The van der Waals surface area contributed by atoms with Crippen molar-refractivity contribution in [3.63, 3.8) is 0 Å². The predicted molar refractivity (Wildman–Crippen MR) is 50.6 cm³/mol. The molecule has 13 heavy (non-hydrogen) atoms. The maximum absolute atomic E-state index is 3.99. The van der Waals surface area contributed by atoms with Crippen LogP contribution in [0.5, 0.6) is 0 Å². The largest absolute Gasteiger partial charge is 0.314 e. The lowest BCUT2D eigenvalue weighted by atomic mass is 10.2. The summed E-state index contributed by atoms with van der Waals surface area (Å²) >= 11 is 1.39. The standard InChI is InChI=1S/C7H13N5S/c1-6(7-9-10-11-13-7)12-4-2-8-3-5-12/h6,8H,2-5H2,1H3. The van der Waals surface area contributed by atoms with Crippen LogP contribution < -0.4 is 5.32 Å². The van der Waals surface area contributed by atoms with E-state index in [1.54, 1.807) is 0 Å². The third-order valence-corrected chi connectivity index (χ3v) is 3.14. The Balaban J connectivity index is 1.99. The molecule has 6 heteroatoms. The first-order valence-corrected chi connectivity index (χ1v) is 5.25. The minimum atomic E-state index is 0.363. The van der Waals surface area contributed by atoms with Gasteiger partial charge in [0.05, 0.1) is 6.04 Å². The molecule has 2 heterocycles. The molecule has 1 unspecified atom stereocenters. The smallest absolute Gasteiger partial charge is 0.154 e. The molecule has 0 bridgehead atoms. The second kappa shape index (κ2) is 4.08. The Morgan fingerprint density at radius 2 is 2.23 bits per heavy atom. The topological polar surface area (TPSA) is 53.9 Å². The van der Waals surface area contributed by atoms with E-state index >= 15 is 0 Å². The van der Waals surface area contributed by atoms with Crippen LogP contribution in [0.2, 0.25) is 0 Å². The molecule has 0 aromatic carbocycles. The van der Waals surface area contributed by atoms with Crippen molar-refractivity contribution in [1.29, 1.82) is 0 Å². The van der Waals surface area contributed by atoms with E-state index in [-0.39, 0.29) is 0 Å². The maximum atomic E-state index is 3.99. The maximum Gasteiger partial charge on any atom is 0.154 e. The lowest BCUT2D eigenvalue weighted by Gasteiger charge is -2.31. The Labute approximate surface area is 81.3 Å². The molecule has 1 atom stereocenters. The highest BCUT2D eigenvalue weighted by Crippen LogP contribution is 2.19. The van der Waals surface area contributed by atoms with E-state index in [0.29, 0.717) is 6.04 Å². The quantitative estimate of drug-likeness (QED) is 0.721. The Morgan fingerprint density at radius 3 is 2.85 bits per heavy atom. The van der Waals surface area contributed by atoms with Gasteiger partial charge in [-0.3, -0.25) is 4.90 Å². The fourth-order valence-electron chi connectivity index (χ4n) is 1.53. The van der Waals surface area contributed by atoms with E-state index in [9.17, 15) is 0 Å². The summed E-state index contributed by atoms with van der Waals surface area (Å²) in [7, 11) is 0. The molecule has 1 aromatic rings. The number of rotatable bonds is 2. The van der Waals surface area contributed by atoms with Gasteiger partial charge in [-0.25, -0.2) is 0 Å². The molecule has 72 valence electrons. The van der Waals surface area contributed by atoms with Crippen molar-refractivity contribution in [2.24, 2.45) is 0 Å². The zero-order chi connectivity index (χ0) is 9.10. The first kappa shape index (κ1) is 8.98. The lowest BCUT2D eigenvalue weighted by molar-refractivity contribution is 0.184. The van der Waals surface area contributed by atoms with Gasteiger partial charge in [-0.15, -0.1) is 5.10 Å². The first-order chi connectivity index (χ1) is 6.38. The highest BCUT2D eigenvalue weighted by atomic mass is 32.1. The van der Waals surface area contributed by atoms with Crippen LogP contribution in [0.4, 0.5) is 0 Å². The fraction of sp³-hybridized carbons (Fsp3) is 0.857. The molecule has 2 rings (SSSR count). The summed E-state index contributed by atoms with van der Waals surface area (Å²) in [4.78, 5) is 2.40. The number of piperazine rings is 1. The summed E-state index contributed by atoms with van der Waals surface area (Å²) in [6, 6.07) is 0.363.